The van der Waals surface area contributed by atoms with Crippen molar-refractivity contribution < 1.29 is 13.2 Å². The standard InChI is InChI=1S/C16H24N2O3S/c1-5-10-17-22(20,21)12-13-6-8-14(9-7-13)18-15(19)11-16(2,3)4/h5-9,17H,1,10-12H2,2-4H3,(H,18,19). The van der Waals surface area contributed by atoms with Gasteiger partial charge in [0.2, 0.25) is 15.9 Å². The summed E-state index contributed by atoms with van der Waals surface area (Å²) in [5.41, 5.74) is 1.24. The van der Waals surface area contributed by atoms with Crippen molar-refractivity contribution in [3.8, 4) is 0 Å². The molecule has 2 N–H and O–H groups in total. The molecule has 0 aromatic heterocycles. The Bertz CT molecular complexity index is 614. The van der Waals surface area contributed by atoms with Gasteiger partial charge in [0.05, 0.1) is 5.75 Å². The highest BCUT2D eigenvalue weighted by molar-refractivity contribution is 7.88. The Morgan fingerprint density at radius 1 is 1.23 bits per heavy atom. The normalized spacial score (nSPS) is 12.0. The fourth-order valence-corrected chi connectivity index (χ4v) is 2.93. The summed E-state index contributed by atoms with van der Waals surface area (Å²) < 4.78 is 25.9. The third-order valence-electron chi connectivity index (χ3n) is 2.73. The van der Waals surface area contributed by atoms with Gasteiger partial charge in [-0.05, 0) is 23.1 Å². The second-order valence-corrected chi connectivity index (χ2v) is 8.19. The van der Waals surface area contributed by atoms with Crippen LogP contribution >= 0.6 is 0 Å². The Hall–Kier alpha value is -1.66. The minimum atomic E-state index is -3.37. The number of carbonyl (C=O) groups excluding carboxylic acids is 1. The van der Waals surface area contributed by atoms with E-state index in [9.17, 15) is 13.2 Å². The first-order chi connectivity index (χ1) is 10.1. The maximum absolute atomic E-state index is 11.8. The second kappa shape index (κ2) is 7.56. The van der Waals surface area contributed by atoms with Crippen LogP contribution in [0.15, 0.2) is 36.9 Å². The first-order valence-corrected chi connectivity index (χ1v) is 8.73. The molecule has 0 spiro atoms. The average Bonchev–Trinajstić information content (AvgIpc) is 2.36. The lowest BCUT2D eigenvalue weighted by atomic mass is 9.92. The van der Waals surface area contributed by atoms with Gasteiger partial charge in [-0.15, -0.1) is 6.58 Å². The quantitative estimate of drug-likeness (QED) is 0.757. The Morgan fingerprint density at radius 2 is 1.82 bits per heavy atom. The number of hydrogen-bond donors (Lipinski definition) is 2. The maximum Gasteiger partial charge on any atom is 0.224 e. The van der Waals surface area contributed by atoms with E-state index >= 15 is 0 Å². The highest BCUT2D eigenvalue weighted by atomic mass is 32.2. The predicted molar refractivity (Wildman–Crippen MR) is 90.0 cm³/mol. The average molecular weight is 324 g/mol. The van der Waals surface area contributed by atoms with Gasteiger partial charge in [0.15, 0.2) is 0 Å². The molecule has 1 aromatic rings. The molecule has 0 fully saturated rings. The molecule has 0 saturated carbocycles. The number of nitrogens with one attached hydrogen (secondary N) is 2. The smallest absolute Gasteiger partial charge is 0.224 e. The van der Waals surface area contributed by atoms with E-state index in [-0.39, 0.29) is 23.6 Å². The van der Waals surface area contributed by atoms with Crippen LogP contribution in [-0.2, 0) is 20.6 Å². The van der Waals surface area contributed by atoms with Crippen LogP contribution in [0.3, 0.4) is 0 Å². The maximum atomic E-state index is 11.8. The van der Waals surface area contributed by atoms with Gasteiger partial charge in [0, 0.05) is 18.7 Å². The van der Waals surface area contributed by atoms with Crippen LogP contribution in [0.5, 0.6) is 0 Å². The van der Waals surface area contributed by atoms with Gasteiger partial charge in [-0.25, -0.2) is 13.1 Å². The minimum Gasteiger partial charge on any atom is -0.326 e. The third kappa shape index (κ3) is 7.38. The van der Waals surface area contributed by atoms with Gasteiger partial charge in [0.25, 0.3) is 0 Å². The zero-order valence-corrected chi connectivity index (χ0v) is 14.2. The van der Waals surface area contributed by atoms with Crippen molar-refractivity contribution in [2.45, 2.75) is 32.9 Å². The fraction of sp³-hybridized carbons (Fsp3) is 0.438. The van der Waals surface area contributed by atoms with Gasteiger partial charge in [-0.3, -0.25) is 4.79 Å². The first kappa shape index (κ1) is 18.4. The predicted octanol–water partition coefficient (Wildman–Crippen LogP) is 2.67. The molecule has 0 saturated heterocycles. The zero-order chi connectivity index (χ0) is 16.8. The van der Waals surface area contributed by atoms with E-state index in [1.807, 2.05) is 20.8 Å². The SMILES string of the molecule is C=CCNS(=O)(=O)Cc1ccc(NC(=O)CC(C)(C)C)cc1. The summed E-state index contributed by atoms with van der Waals surface area (Å²) in [6.45, 7) is 9.67. The van der Waals surface area contributed by atoms with E-state index < -0.39 is 10.0 Å². The molecule has 22 heavy (non-hydrogen) atoms. The van der Waals surface area contributed by atoms with E-state index in [2.05, 4.69) is 16.6 Å². The summed E-state index contributed by atoms with van der Waals surface area (Å²) in [4.78, 5) is 11.8. The van der Waals surface area contributed by atoms with Crippen LogP contribution in [0.2, 0.25) is 0 Å². The molecule has 0 heterocycles. The summed E-state index contributed by atoms with van der Waals surface area (Å²) >= 11 is 0. The number of hydrogen-bond acceptors (Lipinski definition) is 3. The topological polar surface area (TPSA) is 75.3 Å². The lowest BCUT2D eigenvalue weighted by molar-refractivity contribution is -0.117. The lowest BCUT2D eigenvalue weighted by Gasteiger charge is -2.17. The van der Waals surface area contributed by atoms with Crippen molar-refractivity contribution in [2.75, 3.05) is 11.9 Å². The van der Waals surface area contributed by atoms with Crippen molar-refractivity contribution in [3.63, 3.8) is 0 Å². The summed E-state index contributed by atoms with van der Waals surface area (Å²) in [5, 5.41) is 2.81. The van der Waals surface area contributed by atoms with Crippen molar-refractivity contribution in [2.24, 2.45) is 5.41 Å². The van der Waals surface area contributed by atoms with E-state index in [4.69, 9.17) is 0 Å². The van der Waals surface area contributed by atoms with Crippen LogP contribution in [0.1, 0.15) is 32.8 Å². The molecule has 0 radical (unpaired) electrons. The highest BCUT2D eigenvalue weighted by Gasteiger charge is 2.16. The minimum absolute atomic E-state index is 0.0551. The van der Waals surface area contributed by atoms with Gasteiger partial charge in [0.1, 0.15) is 0 Å². The molecule has 0 unspecified atom stereocenters. The summed E-state index contributed by atoms with van der Waals surface area (Å²) in [7, 11) is -3.37. The number of carbonyl (C=O) groups is 1. The number of sulfonamides is 1. The Kier molecular flexibility index (Phi) is 6.32. The molecule has 1 rings (SSSR count). The zero-order valence-electron chi connectivity index (χ0n) is 13.3. The van der Waals surface area contributed by atoms with E-state index in [1.165, 1.54) is 6.08 Å². The number of amides is 1. The van der Waals surface area contributed by atoms with Crippen molar-refractivity contribution in [1.29, 1.82) is 0 Å². The van der Waals surface area contributed by atoms with Crippen molar-refractivity contribution >= 4 is 21.6 Å². The molecular formula is C16H24N2O3S. The molecule has 1 amide bonds. The molecule has 1 aromatic carbocycles. The summed E-state index contributed by atoms with van der Waals surface area (Å²) in [6, 6.07) is 6.80. The molecule has 0 aliphatic heterocycles. The highest BCUT2D eigenvalue weighted by Crippen LogP contribution is 2.20. The fourth-order valence-electron chi connectivity index (χ4n) is 1.83. The van der Waals surface area contributed by atoms with Crippen LogP contribution < -0.4 is 10.0 Å². The van der Waals surface area contributed by atoms with Crippen molar-refractivity contribution in [1.82, 2.24) is 4.72 Å². The first-order valence-electron chi connectivity index (χ1n) is 7.08. The van der Waals surface area contributed by atoms with Crippen LogP contribution in [0.4, 0.5) is 5.69 Å². The third-order valence-corrected chi connectivity index (χ3v) is 4.05. The lowest BCUT2D eigenvalue weighted by Crippen LogP contribution is -2.25. The number of anilines is 1. The van der Waals surface area contributed by atoms with Crippen molar-refractivity contribution in [3.05, 3.63) is 42.5 Å². The number of benzene rings is 1. The van der Waals surface area contributed by atoms with Gasteiger partial charge < -0.3 is 5.32 Å². The Balaban J connectivity index is 2.63. The molecule has 0 aliphatic rings. The van der Waals surface area contributed by atoms with Crippen LogP contribution in [0.25, 0.3) is 0 Å². The second-order valence-electron chi connectivity index (χ2n) is 6.38. The molecule has 6 heteroatoms. The van der Waals surface area contributed by atoms with E-state index in [0.29, 0.717) is 17.7 Å². The number of rotatable bonds is 7. The Morgan fingerprint density at radius 3 is 2.32 bits per heavy atom. The van der Waals surface area contributed by atoms with Gasteiger partial charge in [-0.2, -0.15) is 0 Å². The van der Waals surface area contributed by atoms with Gasteiger partial charge in [-0.1, -0.05) is 39.0 Å². The summed E-state index contributed by atoms with van der Waals surface area (Å²) in [6.07, 6.45) is 1.92. The molecule has 5 nitrogen and oxygen atoms in total. The Labute approximate surface area is 132 Å². The molecule has 0 bridgehead atoms. The molecule has 0 aliphatic carbocycles. The molecule has 122 valence electrons. The van der Waals surface area contributed by atoms with Crippen LogP contribution in [-0.4, -0.2) is 20.9 Å². The van der Waals surface area contributed by atoms with E-state index in [0.717, 1.165) is 0 Å². The van der Waals surface area contributed by atoms with Gasteiger partial charge >= 0.3 is 0 Å². The van der Waals surface area contributed by atoms with E-state index in [1.54, 1.807) is 24.3 Å². The largest absolute Gasteiger partial charge is 0.326 e. The molecule has 0 atom stereocenters. The molecular weight excluding hydrogens is 300 g/mol. The monoisotopic (exact) mass is 324 g/mol. The van der Waals surface area contributed by atoms with Crippen LogP contribution in [0, 0.1) is 5.41 Å². The summed E-state index contributed by atoms with van der Waals surface area (Å²) in [5.74, 6) is -0.155.